The van der Waals surface area contributed by atoms with Crippen molar-refractivity contribution in [2.45, 2.75) is 46.5 Å². The average Bonchev–Trinajstić information content (AvgIpc) is 3.11. The lowest BCUT2D eigenvalue weighted by molar-refractivity contribution is -0.116. The van der Waals surface area contributed by atoms with Crippen LogP contribution in [0.15, 0.2) is 16.7 Å². The number of thiazole rings is 1. The zero-order valence-electron chi connectivity index (χ0n) is 14.2. The van der Waals surface area contributed by atoms with Crippen LogP contribution in [0.1, 0.15) is 49.0 Å². The SMILES string of the molecule is Cc1cc(C)c2nc(NC(=O)CCc3nc(C(C)C)no3)sc2c1. The van der Waals surface area contributed by atoms with Crippen molar-refractivity contribution >= 4 is 32.6 Å². The van der Waals surface area contributed by atoms with Gasteiger partial charge in [0.25, 0.3) is 0 Å². The molecule has 0 saturated heterocycles. The van der Waals surface area contributed by atoms with E-state index in [1.165, 1.54) is 16.9 Å². The summed E-state index contributed by atoms with van der Waals surface area (Å²) >= 11 is 1.49. The summed E-state index contributed by atoms with van der Waals surface area (Å²) in [6.07, 6.45) is 0.711. The van der Waals surface area contributed by atoms with Crippen LogP contribution in [0.3, 0.4) is 0 Å². The van der Waals surface area contributed by atoms with E-state index in [1.54, 1.807) is 0 Å². The first kappa shape index (κ1) is 16.6. The van der Waals surface area contributed by atoms with Crippen molar-refractivity contribution in [1.29, 1.82) is 0 Å². The highest BCUT2D eigenvalue weighted by Gasteiger charge is 2.13. The third-order valence-corrected chi connectivity index (χ3v) is 4.56. The van der Waals surface area contributed by atoms with E-state index in [-0.39, 0.29) is 18.2 Å². The van der Waals surface area contributed by atoms with Crippen molar-refractivity contribution in [2.24, 2.45) is 0 Å². The molecule has 2 heterocycles. The van der Waals surface area contributed by atoms with Crippen molar-refractivity contribution in [2.75, 3.05) is 5.32 Å². The number of nitrogens with one attached hydrogen (secondary N) is 1. The average molecular weight is 344 g/mol. The molecule has 0 aliphatic rings. The van der Waals surface area contributed by atoms with Crippen molar-refractivity contribution in [3.63, 3.8) is 0 Å². The van der Waals surface area contributed by atoms with Crippen molar-refractivity contribution < 1.29 is 9.32 Å². The molecule has 0 atom stereocenters. The minimum absolute atomic E-state index is 0.104. The maximum atomic E-state index is 12.1. The lowest BCUT2D eigenvalue weighted by Crippen LogP contribution is -2.12. The summed E-state index contributed by atoms with van der Waals surface area (Å²) in [6, 6.07) is 4.18. The summed E-state index contributed by atoms with van der Waals surface area (Å²) in [5.41, 5.74) is 3.26. The number of rotatable bonds is 5. The fourth-order valence-corrected chi connectivity index (χ4v) is 3.49. The van der Waals surface area contributed by atoms with Gasteiger partial charge in [0, 0.05) is 18.8 Å². The molecule has 0 saturated carbocycles. The fraction of sp³-hybridized carbons (Fsp3) is 0.412. The van der Waals surface area contributed by atoms with E-state index < -0.39 is 0 Å². The largest absolute Gasteiger partial charge is 0.339 e. The number of aryl methyl sites for hydroxylation is 3. The Morgan fingerprint density at radius 3 is 2.79 bits per heavy atom. The smallest absolute Gasteiger partial charge is 0.227 e. The van der Waals surface area contributed by atoms with Crippen molar-refractivity contribution in [1.82, 2.24) is 15.1 Å². The molecular formula is C17H20N4O2S. The zero-order valence-corrected chi connectivity index (χ0v) is 15.0. The van der Waals surface area contributed by atoms with Gasteiger partial charge in [0.15, 0.2) is 11.0 Å². The van der Waals surface area contributed by atoms with Crippen LogP contribution in [-0.2, 0) is 11.2 Å². The van der Waals surface area contributed by atoms with Crippen LogP contribution in [0.5, 0.6) is 0 Å². The summed E-state index contributed by atoms with van der Waals surface area (Å²) in [4.78, 5) is 20.9. The highest BCUT2D eigenvalue weighted by atomic mass is 32.1. The second-order valence-corrected chi connectivity index (χ2v) is 7.23. The van der Waals surface area contributed by atoms with Crippen LogP contribution in [0.2, 0.25) is 0 Å². The predicted octanol–water partition coefficient (Wildman–Crippen LogP) is 3.99. The molecule has 3 rings (SSSR count). The Bertz CT molecular complexity index is 882. The minimum atomic E-state index is -0.104. The fourth-order valence-electron chi connectivity index (χ4n) is 2.43. The van der Waals surface area contributed by atoms with Gasteiger partial charge in [-0.05, 0) is 31.0 Å². The van der Waals surface area contributed by atoms with Gasteiger partial charge in [-0.15, -0.1) is 0 Å². The number of carbonyl (C=O) groups excluding carboxylic acids is 1. The predicted molar refractivity (Wildman–Crippen MR) is 94.4 cm³/mol. The summed E-state index contributed by atoms with van der Waals surface area (Å²) in [7, 11) is 0. The molecule has 1 amide bonds. The molecule has 0 unspecified atom stereocenters. The van der Waals surface area contributed by atoms with E-state index in [2.05, 4.69) is 39.5 Å². The highest BCUT2D eigenvalue weighted by Crippen LogP contribution is 2.29. The van der Waals surface area contributed by atoms with Crippen LogP contribution in [0, 0.1) is 13.8 Å². The van der Waals surface area contributed by atoms with E-state index in [1.807, 2.05) is 20.8 Å². The third-order valence-electron chi connectivity index (χ3n) is 3.64. The van der Waals surface area contributed by atoms with E-state index >= 15 is 0 Å². The standard InChI is InChI=1S/C17H20N4O2S/c1-9(2)16-19-14(23-21-16)6-5-13(22)18-17-20-15-11(4)7-10(3)8-12(15)24-17/h7-9H,5-6H2,1-4H3,(H,18,20,22). The number of hydrogen-bond donors (Lipinski definition) is 1. The molecule has 1 aromatic carbocycles. The normalized spacial score (nSPS) is 11.4. The molecule has 24 heavy (non-hydrogen) atoms. The van der Waals surface area contributed by atoms with Gasteiger partial charge in [-0.3, -0.25) is 4.79 Å². The summed E-state index contributed by atoms with van der Waals surface area (Å²) in [5, 5.41) is 7.38. The Morgan fingerprint density at radius 1 is 1.29 bits per heavy atom. The number of carbonyl (C=O) groups is 1. The number of anilines is 1. The monoisotopic (exact) mass is 344 g/mol. The lowest BCUT2D eigenvalue weighted by atomic mass is 10.1. The third kappa shape index (κ3) is 3.62. The number of nitrogens with zero attached hydrogens (tertiary/aromatic N) is 3. The molecule has 0 bridgehead atoms. The van der Waals surface area contributed by atoms with Crippen LogP contribution >= 0.6 is 11.3 Å². The highest BCUT2D eigenvalue weighted by molar-refractivity contribution is 7.22. The summed E-state index contributed by atoms with van der Waals surface area (Å²) < 4.78 is 6.23. The van der Waals surface area contributed by atoms with Crippen LogP contribution in [0.25, 0.3) is 10.2 Å². The number of fused-ring (bicyclic) bond motifs is 1. The van der Waals surface area contributed by atoms with Crippen molar-refractivity contribution in [3.05, 3.63) is 35.0 Å². The van der Waals surface area contributed by atoms with E-state index in [9.17, 15) is 4.79 Å². The lowest BCUT2D eigenvalue weighted by Gasteiger charge is -1.99. The van der Waals surface area contributed by atoms with Gasteiger partial charge in [0.1, 0.15) is 0 Å². The van der Waals surface area contributed by atoms with E-state index in [4.69, 9.17) is 4.52 Å². The Labute approximate surface area is 144 Å². The van der Waals surface area contributed by atoms with Gasteiger partial charge in [0.05, 0.1) is 10.2 Å². The first-order chi connectivity index (χ1) is 11.4. The molecule has 0 radical (unpaired) electrons. The molecule has 7 heteroatoms. The van der Waals surface area contributed by atoms with Crippen LogP contribution in [0.4, 0.5) is 5.13 Å². The second kappa shape index (κ2) is 6.68. The molecule has 2 aromatic heterocycles. The van der Waals surface area contributed by atoms with E-state index in [0.29, 0.717) is 23.3 Å². The molecule has 3 aromatic rings. The number of amides is 1. The van der Waals surface area contributed by atoms with Gasteiger partial charge in [-0.1, -0.05) is 36.4 Å². The van der Waals surface area contributed by atoms with Gasteiger partial charge in [-0.2, -0.15) is 4.98 Å². The Hall–Kier alpha value is -2.28. The van der Waals surface area contributed by atoms with Gasteiger partial charge in [0.2, 0.25) is 11.8 Å². The Kier molecular flexibility index (Phi) is 4.62. The maximum Gasteiger partial charge on any atom is 0.227 e. The first-order valence-electron chi connectivity index (χ1n) is 7.92. The van der Waals surface area contributed by atoms with Gasteiger partial charge in [-0.25, -0.2) is 4.98 Å². The topological polar surface area (TPSA) is 80.9 Å². The molecule has 126 valence electrons. The quantitative estimate of drug-likeness (QED) is 0.757. The maximum absolute atomic E-state index is 12.1. The van der Waals surface area contributed by atoms with Gasteiger partial charge >= 0.3 is 0 Å². The molecule has 0 aliphatic carbocycles. The Morgan fingerprint density at radius 2 is 2.08 bits per heavy atom. The van der Waals surface area contributed by atoms with Crippen LogP contribution < -0.4 is 5.32 Å². The molecule has 0 spiro atoms. The Balaban J connectivity index is 1.63. The van der Waals surface area contributed by atoms with Crippen LogP contribution in [-0.4, -0.2) is 21.0 Å². The molecule has 0 fully saturated rings. The van der Waals surface area contributed by atoms with E-state index in [0.717, 1.165) is 15.8 Å². The molecular weight excluding hydrogens is 324 g/mol. The number of hydrogen-bond acceptors (Lipinski definition) is 6. The summed E-state index contributed by atoms with van der Waals surface area (Å²) in [5.74, 6) is 1.27. The second-order valence-electron chi connectivity index (χ2n) is 6.20. The number of aromatic nitrogens is 3. The molecule has 1 N–H and O–H groups in total. The first-order valence-corrected chi connectivity index (χ1v) is 8.74. The molecule has 0 aliphatic heterocycles. The zero-order chi connectivity index (χ0) is 17.3. The minimum Gasteiger partial charge on any atom is -0.339 e. The molecule has 6 nitrogen and oxygen atoms in total. The van der Waals surface area contributed by atoms with Crippen molar-refractivity contribution in [3.8, 4) is 0 Å². The van der Waals surface area contributed by atoms with Gasteiger partial charge < -0.3 is 9.84 Å². The number of benzene rings is 1. The summed E-state index contributed by atoms with van der Waals surface area (Å²) in [6.45, 7) is 8.08.